The van der Waals surface area contributed by atoms with E-state index in [1.165, 1.54) is 0 Å². The van der Waals surface area contributed by atoms with Crippen LogP contribution < -0.4 is 16.0 Å². The first-order chi connectivity index (χ1) is 15.1. The van der Waals surface area contributed by atoms with Gasteiger partial charge in [0, 0.05) is 18.1 Å². The summed E-state index contributed by atoms with van der Waals surface area (Å²) in [5, 5.41) is 18.1. The standard InChI is InChI=1S/C23H34N4O5/c1-23(2,3)26-16-9-10-19(18(13-16)24-21(29)30)27-12-11-17(20(27)28)25-22(31)32-14-15-7-5-4-6-8-15/h4-8,16-19,24,26H,9-14H2,1-3H3,(H,25,31)(H,29,30)/t16-,17+,18-,19+/m1/s1. The fraction of sp³-hybridized carbons (Fsp3) is 0.609. The Morgan fingerprint density at radius 1 is 1.12 bits per heavy atom. The maximum absolute atomic E-state index is 13.0. The number of likely N-dealkylation sites (tertiary alicyclic amines) is 1. The summed E-state index contributed by atoms with van der Waals surface area (Å²) < 4.78 is 5.23. The van der Waals surface area contributed by atoms with Gasteiger partial charge in [-0.25, -0.2) is 9.59 Å². The molecule has 1 aromatic rings. The molecule has 2 fully saturated rings. The van der Waals surface area contributed by atoms with E-state index >= 15 is 0 Å². The van der Waals surface area contributed by atoms with Crippen molar-refractivity contribution in [3.05, 3.63) is 35.9 Å². The molecule has 1 heterocycles. The van der Waals surface area contributed by atoms with E-state index in [0.29, 0.717) is 25.8 Å². The highest BCUT2D eigenvalue weighted by atomic mass is 16.5. The molecule has 0 radical (unpaired) electrons. The number of hydrogen-bond donors (Lipinski definition) is 4. The van der Waals surface area contributed by atoms with Gasteiger partial charge >= 0.3 is 12.2 Å². The van der Waals surface area contributed by atoms with Gasteiger partial charge < -0.3 is 30.7 Å². The Labute approximate surface area is 188 Å². The summed E-state index contributed by atoms with van der Waals surface area (Å²) in [7, 11) is 0. The summed E-state index contributed by atoms with van der Waals surface area (Å²) in [6, 6.07) is 8.24. The van der Waals surface area contributed by atoms with E-state index in [9.17, 15) is 19.5 Å². The third-order valence-corrected chi connectivity index (χ3v) is 5.90. The van der Waals surface area contributed by atoms with Crippen molar-refractivity contribution in [1.82, 2.24) is 20.9 Å². The maximum Gasteiger partial charge on any atom is 0.408 e. The molecule has 0 unspecified atom stereocenters. The van der Waals surface area contributed by atoms with Crippen LogP contribution in [0, 0.1) is 0 Å². The van der Waals surface area contributed by atoms with Gasteiger partial charge in [-0.15, -0.1) is 0 Å². The molecule has 1 aliphatic heterocycles. The minimum atomic E-state index is -1.10. The SMILES string of the molecule is CC(C)(C)N[C@@H]1CC[C@H](N2CC[C@H](NC(=O)OCc3ccccc3)C2=O)[C@H](NC(=O)O)C1. The van der Waals surface area contributed by atoms with Crippen LogP contribution in [-0.2, 0) is 16.1 Å². The normalized spacial score (nSPS) is 26.0. The second-order valence-electron chi connectivity index (χ2n) is 9.61. The van der Waals surface area contributed by atoms with Crippen LogP contribution in [0.5, 0.6) is 0 Å². The molecule has 0 bridgehead atoms. The number of benzene rings is 1. The third kappa shape index (κ3) is 6.59. The van der Waals surface area contributed by atoms with Gasteiger partial charge in [-0.05, 0) is 52.0 Å². The lowest BCUT2D eigenvalue weighted by Gasteiger charge is -2.42. The fourth-order valence-electron chi connectivity index (χ4n) is 4.66. The Morgan fingerprint density at radius 2 is 1.84 bits per heavy atom. The van der Waals surface area contributed by atoms with Crippen molar-refractivity contribution in [1.29, 1.82) is 0 Å². The number of nitrogens with one attached hydrogen (secondary N) is 3. The molecule has 4 atom stereocenters. The molecule has 0 aromatic heterocycles. The first kappa shape index (κ1) is 23.8. The fourth-order valence-corrected chi connectivity index (χ4v) is 4.66. The van der Waals surface area contributed by atoms with E-state index in [0.717, 1.165) is 12.0 Å². The molecule has 0 spiro atoms. The van der Waals surface area contributed by atoms with Gasteiger partial charge in [0.1, 0.15) is 12.6 Å². The molecule has 9 nitrogen and oxygen atoms in total. The van der Waals surface area contributed by atoms with Gasteiger partial charge in [0.15, 0.2) is 0 Å². The number of hydrogen-bond acceptors (Lipinski definition) is 5. The Hall–Kier alpha value is -2.81. The second kappa shape index (κ2) is 10.2. The van der Waals surface area contributed by atoms with Gasteiger partial charge in [0.25, 0.3) is 0 Å². The van der Waals surface area contributed by atoms with E-state index in [4.69, 9.17) is 4.74 Å². The van der Waals surface area contributed by atoms with Crippen LogP contribution in [0.15, 0.2) is 30.3 Å². The van der Waals surface area contributed by atoms with Crippen molar-refractivity contribution < 1.29 is 24.2 Å². The quantitative estimate of drug-likeness (QED) is 0.533. The number of nitrogens with zero attached hydrogens (tertiary/aromatic N) is 1. The summed E-state index contributed by atoms with van der Waals surface area (Å²) in [6.07, 6.45) is 0.889. The predicted molar refractivity (Wildman–Crippen MR) is 119 cm³/mol. The number of ether oxygens (including phenoxy) is 1. The summed E-state index contributed by atoms with van der Waals surface area (Å²) in [4.78, 5) is 38.3. The first-order valence-corrected chi connectivity index (χ1v) is 11.2. The lowest BCUT2D eigenvalue weighted by atomic mass is 9.84. The second-order valence-corrected chi connectivity index (χ2v) is 9.61. The zero-order valence-corrected chi connectivity index (χ0v) is 19.0. The van der Waals surface area contributed by atoms with Crippen LogP contribution in [0.3, 0.4) is 0 Å². The number of carboxylic acid groups (broad SMARTS) is 1. The summed E-state index contributed by atoms with van der Waals surface area (Å²) in [6.45, 7) is 6.84. The number of alkyl carbamates (subject to hydrolysis) is 1. The smallest absolute Gasteiger partial charge is 0.408 e. The van der Waals surface area contributed by atoms with Crippen LogP contribution >= 0.6 is 0 Å². The Kier molecular flexibility index (Phi) is 7.60. The third-order valence-electron chi connectivity index (χ3n) is 5.90. The number of rotatable bonds is 6. The molecular formula is C23H34N4O5. The monoisotopic (exact) mass is 446 g/mol. The van der Waals surface area contributed by atoms with Crippen molar-refractivity contribution >= 4 is 18.1 Å². The lowest BCUT2D eigenvalue weighted by Crippen LogP contribution is -2.59. The molecule has 1 saturated heterocycles. The Balaban J connectivity index is 1.56. The number of carbonyl (C=O) groups excluding carboxylic acids is 2. The van der Waals surface area contributed by atoms with Crippen LogP contribution in [0.25, 0.3) is 0 Å². The average Bonchev–Trinajstić information content (AvgIpc) is 3.06. The Morgan fingerprint density at radius 3 is 2.50 bits per heavy atom. The van der Waals surface area contributed by atoms with Crippen molar-refractivity contribution in [2.75, 3.05) is 6.54 Å². The molecule has 3 rings (SSSR count). The maximum atomic E-state index is 13.0. The van der Waals surface area contributed by atoms with E-state index < -0.39 is 18.2 Å². The summed E-state index contributed by atoms with van der Waals surface area (Å²) in [5.41, 5.74) is 0.786. The number of amides is 3. The topological polar surface area (TPSA) is 120 Å². The largest absolute Gasteiger partial charge is 0.465 e. The molecule has 4 N–H and O–H groups in total. The number of carbonyl (C=O) groups is 3. The highest BCUT2D eigenvalue weighted by molar-refractivity contribution is 5.87. The zero-order valence-electron chi connectivity index (χ0n) is 19.0. The molecule has 1 saturated carbocycles. The molecule has 1 aromatic carbocycles. The van der Waals surface area contributed by atoms with E-state index in [2.05, 4.69) is 36.7 Å². The van der Waals surface area contributed by atoms with Crippen LogP contribution in [0.2, 0.25) is 0 Å². The van der Waals surface area contributed by atoms with Gasteiger partial charge in [0.2, 0.25) is 5.91 Å². The van der Waals surface area contributed by atoms with Crippen molar-refractivity contribution in [3.63, 3.8) is 0 Å². The molecule has 32 heavy (non-hydrogen) atoms. The average molecular weight is 447 g/mol. The highest BCUT2D eigenvalue weighted by Crippen LogP contribution is 2.28. The highest BCUT2D eigenvalue weighted by Gasteiger charge is 2.43. The van der Waals surface area contributed by atoms with Crippen molar-refractivity contribution in [2.24, 2.45) is 0 Å². The molecule has 3 amide bonds. The van der Waals surface area contributed by atoms with E-state index in [1.807, 2.05) is 30.3 Å². The van der Waals surface area contributed by atoms with Gasteiger partial charge in [-0.3, -0.25) is 4.79 Å². The summed E-state index contributed by atoms with van der Waals surface area (Å²) in [5.74, 6) is -0.189. The van der Waals surface area contributed by atoms with Gasteiger partial charge in [0.05, 0.1) is 12.1 Å². The first-order valence-electron chi connectivity index (χ1n) is 11.2. The van der Waals surface area contributed by atoms with E-state index in [-0.39, 0.29) is 36.2 Å². The van der Waals surface area contributed by atoms with E-state index in [1.54, 1.807) is 4.90 Å². The molecule has 9 heteroatoms. The summed E-state index contributed by atoms with van der Waals surface area (Å²) >= 11 is 0. The van der Waals surface area contributed by atoms with Crippen LogP contribution in [0.4, 0.5) is 9.59 Å². The minimum Gasteiger partial charge on any atom is -0.465 e. The lowest BCUT2D eigenvalue weighted by molar-refractivity contribution is -0.132. The molecule has 1 aliphatic carbocycles. The molecule has 2 aliphatic rings. The van der Waals surface area contributed by atoms with Gasteiger partial charge in [-0.1, -0.05) is 30.3 Å². The van der Waals surface area contributed by atoms with Gasteiger partial charge in [-0.2, -0.15) is 0 Å². The van der Waals surface area contributed by atoms with Crippen molar-refractivity contribution in [2.45, 2.75) is 82.8 Å². The molecule has 176 valence electrons. The van der Waals surface area contributed by atoms with Crippen LogP contribution in [-0.4, -0.2) is 64.4 Å². The minimum absolute atomic E-state index is 0.0795. The Bertz CT molecular complexity index is 810. The van der Waals surface area contributed by atoms with Crippen LogP contribution in [0.1, 0.15) is 52.0 Å². The van der Waals surface area contributed by atoms with Crippen molar-refractivity contribution in [3.8, 4) is 0 Å². The molecular weight excluding hydrogens is 412 g/mol. The predicted octanol–water partition coefficient (Wildman–Crippen LogP) is 2.46. The zero-order chi connectivity index (χ0) is 23.3.